The zero-order chi connectivity index (χ0) is 9.64. The Kier molecular flexibility index (Phi) is 3.03. The maximum atomic E-state index is 5.17. The number of hydrogen-bond donors (Lipinski definition) is 1. The molecule has 1 N–H and O–H groups in total. The molecule has 0 saturated carbocycles. The largest absolute Gasteiger partial charge is 0.462 e. The van der Waals surface area contributed by atoms with Crippen molar-refractivity contribution in [3.63, 3.8) is 0 Å². The van der Waals surface area contributed by atoms with E-state index in [2.05, 4.69) is 17.4 Å². The van der Waals surface area contributed by atoms with E-state index in [4.69, 9.17) is 9.47 Å². The second-order valence-electron chi connectivity index (χ2n) is 3.10. The van der Waals surface area contributed by atoms with Crippen LogP contribution in [0.2, 0.25) is 0 Å². The first-order valence-electron chi connectivity index (χ1n) is 4.63. The number of nitrogens with one attached hydrogen (secondary N) is 1. The molecule has 2 rings (SSSR count). The minimum absolute atomic E-state index is 0.350. The van der Waals surface area contributed by atoms with Crippen LogP contribution in [0.15, 0.2) is 42.4 Å². The minimum atomic E-state index is 0.350. The van der Waals surface area contributed by atoms with Crippen molar-refractivity contribution in [1.29, 1.82) is 0 Å². The quantitative estimate of drug-likeness (QED) is 0.784. The Morgan fingerprint density at radius 3 is 2.71 bits per heavy atom. The Morgan fingerprint density at radius 2 is 2.00 bits per heavy atom. The first-order valence-corrected chi connectivity index (χ1v) is 4.63. The highest BCUT2D eigenvalue weighted by molar-refractivity contribution is 5.14. The third-order valence-electron chi connectivity index (χ3n) is 2.00. The van der Waals surface area contributed by atoms with Crippen molar-refractivity contribution in [1.82, 2.24) is 5.32 Å². The average molecular weight is 191 g/mol. The molecule has 0 aromatic heterocycles. The molecule has 1 aliphatic rings. The van der Waals surface area contributed by atoms with Crippen LogP contribution in [0.1, 0.15) is 5.56 Å². The van der Waals surface area contributed by atoms with Gasteiger partial charge in [0.1, 0.15) is 12.0 Å². The van der Waals surface area contributed by atoms with Crippen molar-refractivity contribution in [2.75, 3.05) is 13.3 Å². The molecule has 0 radical (unpaired) electrons. The summed E-state index contributed by atoms with van der Waals surface area (Å²) in [4.78, 5) is 0. The summed E-state index contributed by atoms with van der Waals surface area (Å²) >= 11 is 0. The Balaban J connectivity index is 1.73. The SMILES string of the molecule is C1=C(CNCc2ccccc2)OCO1. The summed E-state index contributed by atoms with van der Waals surface area (Å²) in [5.41, 5.74) is 1.27. The molecule has 0 saturated heterocycles. The molecule has 1 heterocycles. The van der Waals surface area contributed by atoms with E-state index in [-0.39, 0.29) is 0 Å². The van der Waals surface area contributed by atoms with Gasteiger partial charge in [-0.3, -0.25) is 0 Å². The van der Waals surface area contributed by atoms with E-state index in [0.29, 0.717) is 6.79 Å². The maximum Gasteiger partial charge on any atom is 0.229 e. The molecule has 0 unspecified atom stereocenters. The van der Waals surface area contributed by atoms with Gasteiger partial charge < -0.3 is 14.8 Å². The zero-order valence-electron chi connectivity index (χ0n) is 7.90. The average Bonchev–Trinajstić information content (AvgIpc) is 2.72. The number of hydrogen-bond acceptors (Lipinski definition) is 3. The lowest BCUT2D eigenvalue weighted by Gasteiger charge is -2.04. The molecule has 0 fully saturated rings. The molecular weight excluding hydrogens is 178 g/mol. The Morgan fingerprint density at radius 1 is 1.14 bits per heavy atom. The third-order valence-corrected chi connectivity index (χ3v) is 2.00. The Labute approximate surface area is 83.3 Å². The van der Waals surface area contributed by atoms with E-state index in [1.807, 2.05) is 18.2 Å². The van der Waals surface area contributed by atoms with Crippen molar-refractivity contribution >= 4 is 0 Å². The predicted octanol–water partition coefficient (Wildman–Crippen LogP) is 1.62. The van der Waals surface area contributed by atoms with E-state index in [0.717, 1.165) is 18.8 Å². The van der Waals surface area contributed by atoms with E-state index in [1.54, 1.807) is 6.26 Å². The zero-order valence-corrected chi connectivity index (χ0v) is 7.90. The van der Waals surface area contributed by atoms with Gasteiger partial charge >= 0.3 is 0 Å². The molecule has 3 nitrogen and oxygen atoms in total. The lowest BCUT2D eigenvalue weighted by Crippen LogP contribution is -2.16. The van der Waals surface area contributed by atoms with Gasteiger partial charge in [0.25, 0.3) is 0 Å². The molecule has 1 aromatic rings. The normalized spacial score (nSPS) is 14.4. The number of rotatable bonds is 4. The summed E-state index contributed by atoms with van der Waals surface area (Å²) in [6.45, 7) is 1.92. The fourth-order valence-electron chi connectivity index (χ4n) is 1.29. The summed E-state index contributed by atoms with van der Waals surface area (Å²) in [5, 5.41) is 3.27. The van der Waals surface area contributed by atoms with Crippen molar-refractivity contribution in [3.05, 3.63) is 47.9 Å². The van der Waals surface area contributed by atoms with Crippen molar-refractivity contribution in [3.8, 4) is 0 Å². The van der Waals surface area contributed by atoms with Crippen LogP contribution < -0.4 is 5.32 Å². The summed E-state index contributed by atoms with van der Waals surface area (Å²) in [5.74, 6) is 0.862. The monoisotopic (exact) mass is 191 g/mol. The van der Waals surface area contributed by atoms with Crippen molar-refractivity contribution in [2.45, 2.75) is 6.54 Å². The molecule has 0 aliphatic carbocycles. The van der Waals surface area contributed by atoms with Gasteiger partial charge in [0.05, 0.1) is 6.54 Å². The smallest absolute Gasteiger partial charge is 0.229 e. The van der Waals surface area contributed by atoms with Crippen molar-refractivity contribution < 1.29 is 9.47 Å². The topological polar surface area (TPSA) is 30.5 Å². The van der Waals surface area contributed by atoms with Crippen LogP contribution in [0.3, 0.4) is 0 Å². The highest BCUT2D eigenvalue weighted by atomic mass is 16.7. The van der Waals surface area contributed by atoms with E-state index in [1.165, 1.54) is 5.56 Å². The first kappa shape index (κ1) is 9.09. The fourth-order valence-corrected chi connectivity index (χ4v) is 1.29. The predicted molar refractivity (Wildman–Crippen MR) is 53.3 cm³/mol. The molecular formula is C11H13NO2. The molecule has 0 spiro atoms. The van der Waals surface area contributed by atoms with Gasteiger partial charge in [-0.05, 0) is 5.56 Å². The molecule has 14 heavy (non-hydrogen) atoms. The van der Waals surface area contributed by atoms with Gasteiger partial charge in [0, 0.05) is 6.54 Å². The molecule has 0 amide bonds. The van der Waals surface area contributed by atoms with Gasteiger partial charge in [-0.25, -0.2) is 0 Å². The van der Waals surface area contributed by atoms with Crippen LogP contribution in [0, 0.1) is 0 Å². The summed E-state index contributed by atoms with van der Waals surface area (Å²) in [6, 6.07) is 10.3. The van der Waals surface area contributed by atoms with Crippen LogP contribution in [0.25, 0.3) is 0 Å². The summed E-state index contributed by atoms with van der Waals surface area (Å²) < 4.78 is 10.1. The van der Waals surface area contributed by atoms with Crippen LogP contribution in [0.4, 0.5) is 0 Å². The van der Waals surface area contributed by atoms with Crippen LogP contribution in [-0.2, 0) is 16.0 Å². The summed E-state index contributed by atoms with van der Waals surface area (Å²) in [6.07, 6.45) is 1.65. The van der Waals surface area contributed by atoms with E-state index in [9.17, 15) is 0 Å². The Hall–Kier alpha value is -1.48. The standard InChI is InChI=1S/C11H13NO2/c1-2-4-10(5-3-1)6-12-7-11-8-13-9-14-11/h1-5,8,12H,6-7,9H2. The number of benzene rings is 1. The van der Waals surface area contributed by atoms with Crippen LogP contribution in [-0.4, -0.2) is 13.3 Å². The first-order chi connectivity index (χ1) is 6.95. The Bertz CT molecular complexity index is 308. The highest BCUT2D eigenvalue weighted by Gasteiger charge is 2.04. The lowest BCUT2D eigenvalue weighted by molar-refractivity contribution is 0.0789. The second-order valence-corrected chi connectivity index (χ2v) is 3.10. The van der Waals surface area contributed by atoms with Crippen molar-refractivity contribution in [2.24, 2.45) is 0 Å². The van der Waals surface area contributed by atoms with E-state index < -0.39 is 0 Å². The fraction of sp³-hybridized carbons (Fsp3) is 0.273. The van der Waals surface area contributed by atoms with Crippen LogP contribution in [0.5, 0.6) is 0 Å². The maximum absolute atomic E-state index is 5.17. The van der Waals surface area contributed by atoms with E-state index >= 15 is 0 Å². The van der Waals surface area contributed by atoms with Crippen LogP contribution >= 0.6 is 0 Å². The molecule has 0 bridgehead atoms. The van der Waals surface area contributed by atoms with Gasteiger partial charge in [0.15, 0.2) is 0 Å². The second kappa shape index (κ2) is 4.67. The summed E-state index contributed by atoms with van der Waals surface area (Å²) in [7, 11) is 0. The molecule has 0 atom stereocenters. The molecule has 3 heteroatoms. The molecule has 1 aliphatic heterocycles. The highest BCUT2D eigenvalue weighted by Crippen LogP contribution is 2.05. The van der Waals surface area contributed by atoms with Gasteiger partial charge in [-0.15, -0.1) is 0 Å². The van der Waals surface area contributed by atoms with Gasteiger partial charge in [-0.1, -0.05) is 30.3 Å². The number of ether oxygens (including phenoxy) is 2. The molecule has 74 valence electrons. The van der Waals surface area contributed by atoms with Gasteiger partial charge in [-0.2, -0.15) is 0 Å². The molecule has 1 aromatic carbocycles. The lowest BCUT2D eigenvalue weighted by atomic mass is 10.2. The minimum Gasteiger partial charge on any atom is -0.462 e. The van der Waals surface area contributed by atoms with Gasteiger partial charge in [0.2, 0.25) is 6.79 Å². The third kappa shape index (κ3) is 2.50.